The molecule has 0 bridgehead atoms. The lowest BCUT2D eigenvalue weighted by molar-refractivity contribution is 0.0675. The number of hydrazine groups is 1. The zero-order valence-electron chi connectivity index (χ0n) is 14.2. The number of carbonyl (C=O) groups excluding carboxylic acids is 1. The van der Waals surface area contributed by atoms with Crippen LogP contribution in [-0.4, -0.2) is 19.2 Å². The molecule has 2 aromatic rings. The summed E-state index contributed by atoms with van der Waals surface area (Å²) in [6.45, 7) is 1.23. The number of hydrogen-bond donors (Lipinski definition) is 2. The molecule has 0 radical (unpaired) electrons. The van der Waals surface area contributed by atoms with Gasteiger partial charge in [-0.05, 0) is 54.8 Å². The lowest BCUT2D eigenvalue weighted by Crippen LogP contribution is -2.41. The van der Waals surface area contributed by atoms with Crippen LogP contribution in [0.15, 0.2) is 58.3 Å². The number of primary amides is 1. The molecule has 134 valence electrons. The Morgan fingerprint density at radius 3 is 2.46 bits per heavy atom. The van der Waals surface area contributed by atoms with Crippen molar-refractivity contribution < 1.29 is 9.53 Å². The first-order valence-corrected chi connectivity index (χ1v) is 9.07. The van der Waals surface area contributed by atoms with Crippen LogP contribution in [0.5, 0.6) is 0 Å². The molecule has 2 amide bonds. The summed E-state index contributed by atoms with van der Waals surface area (Å²) in [7, 11) is 0. The van der Waals surface area contributed by atoms with Gasteiger partial charge in [-0.3, -0.25) is 0 Å². The van der Waals surface area contributed by atoms with Crippen molar-refractivity contribution in [2.24, 2.45) is 11.6 Å². The van der Waals surface area contributed by atoms with E-state index in [1.54, 1.807) is 23.9 Å². The molecule has 7 heteroatoms. The number of nitrogens with zero attached hydrogens (tertiary/aromatic N) is 2. The third kappa shape index (κ3) is 3.83. The Morgan fingerprint density at radius 1 is 1.15 bits per heavy atom. The van der Waals surface area contributed by atoms with Gasteiger partial charge < -0.3 is 10.5 Å². The SMILES string of the molecule is N#CC1(c2cccc(Sc3ccc(N(N)C(N)=O)cc3)c2)CCOCC1. The molecule has 1 saturated heterocycles. The molecule has 1 heterocycles. The molecular weight excluding hydrogens is 348 g/mol. The second kappa shape index (κ2) is 7.79. The van der Waals surface area contributed by atoms with Crippen LogP contribution in [0.3, 0.4) is 0 Å². The summed E-state index contributed by atoms with van der Waals surface area (Å²) in [5.74, 6) is 5.58. The van der Waals surface area contributed by atoms with E-state index < -0.39 is 11.4 Å². The minimum Gasteiger partial charge on any atom is -0.381 e. The number of benzene rings is 2. The van der Waals surface area contributed by atoms with E-state index in [1.807, 2.05) is 30.3 Å². The van der Waals surface area contributed by atoms with Gasteiger partial charge in [0.25, 0.3) is 0 Å². The normalized spacial score (nSPS) is 15.8. The minimum atomic E-state index is -0.712. The van der Waals surface area contributed by atoms with Crippen molar-refractivity contribution in [3.63, 3.8) is 0 Å². The molecule has 4 N–H and O–H groups in total. The van der Waals surface area contributed by atoms with E-state index in [9.17, 15) is 10.1 Å². The number of amides is 2. The summed E-state index contributed by atoms with van der Waals surface area (Å²) in [5.41, 5.74) is 6.26. The number of ether oxygens (including phenoxy) is 1. The van der Waals surface area contributed by atoms with E-state index in [0.717, 1.165) is 20.4 Å². The van der Waals surface area contributed by atoms with Crippen molar-refractivity contribution in [3.8, 4) is 6.07 Å². The van der Waals surface area contributed by atoms with Gasteiger partial charge in [0, 0.05) is 23.0 Å². The van der Waals surface area contributed by atoms with Crippen LogP contribution in [0.1, 0.15) is 18.4 Å². The fourth-order valence-corrected chi connectivity index (χ4v) is 3.86. The Balaban J connectivity index is 1.79. The summed E-state index contributed by atoms with van der Waals surface area (Å²) in [6, 6.07) is 17.1. The quantitative estimate of drug-likeness (QED) is 0.490. The molecule has 1 aliphatic rings. The van der Waals surface area contributed by atoms with Gasteiger partial charge in [-0.25, -0.2) is 15.6 Å². The van der Waals surface area contributed by atoms with Gasteiger partial charge in [-0.1, -0.05) is 23.9 Å². The van der Waals surface area contributed by atoms with E-state index in [1.165, 1.54) is 0 Å². The van der Waals surface area contributed by atoms with Gasteiger partial charge >= 0.3 is 6.03 Å². The topological polar surface area (TPSA) is 105 Å². The molecule has 6 nitrogen and oxygen atoms in total. The zero-order chi connectivity index (χ0) is 18.6. The second-order valence-corrected chi connectivity index (χ2v) is 7.29. The number of carbonyl (C=O) groups is 1. The molecule has 1 aliphatic heterocycles. The fourth-order valence-electron chi connectivity index (χ4n) is 2.98. The highest BCUT2D eigenvalue weighted by atomic mass is 32.2. The number of urea groups is 1. The van der Waals surface area contributed by atoms with Crippen molar-refractivity contribution in [2.75, 3.05) is 18.2 Å². The molecule has 26 heavy (non-hydrogen) atoms. The average molecular weight is 368 g/mol. The maximum absolute atomic E-state index is 11.1. The van der Waals surface area contributed by atoms with Crippen molar-refractivity contribution >= 4 is 23.5 Å². The third-order valence-electron chi connectivity index (χ3n) is 4.54. The zero-order valence-corrected chi connectivity index (χ0v) is 15.0. The Labute approximate surface area is 156 Å². The lowest BCUT2D eigenvalue weighted by atomic mass is 9.75. The molecular formula is C19H20N4O2S. The van der Waals surface area contributed by atoms with E-state index in [4.69, 9.17) is 16.3 Å². The first-order chi connectivity index (χ1) is 12.5. The van der Waals surface area contributed by atoms with Gasteiger partial charge in [0.15, 0.2) is 0 Å². The van der Waals surface area contributed by atoms with Crippen molar-refractivity contribution in [1.82, 2.24) is 0 Å². The van der Waals surface area contributed by atoms with Crippen LogP contribution in [0.2, 0.25) is 0 Å². The maximum Gasteiger partial charge on any atom is 0.333 e. The smallest absolute Gasteiger partial charge is 0.333 e. The molecule has 2 aromatic carbocycles. The molecule has 0 spiro atoms. The Bertz CT molecular complexity index is 826. The molecule has 0 atom stereocenters. The first-order valence-electron chi connectivity index (χ1n) is 8.26. The average Bonchev–Trinajstić information content (AvgIpc) is 2.68. The highest BCUT2D eigenvalue weighted by Gasteiger charge is 2.34. The van der Waals surface area contributed by atoms with E-state index in [2.05, 4.69) is 12.1 Å². The Hall–Kier alpha value is -2.53. The molecule has 0 unspecified atom stereocenters. The van der Waals surface area contributed by atoms with Gasteiger partial charge in [0.2, 0.25) is 0 Å². The van der Waals surface area contributed by atoms with Crippen LogP contribution in [0, 0.1) is 11.3 Å². The van der Waals surface area contributed by atoms with Crippen LogP contribution < -0.4 is 16.6 Å². The third-order valence-corrected chi connectivity index (χ3v) is 5.53. The maximum atomic E-state index is 11.1. The van der Waals surface area contributed by atoms with Gasteiger partial charge in [-0.15, -0.1) is 0 Å². The van der Waals surface area contributed by atoms with Crippen LogP contribution in [0.25, 0.3) is 0 Å². The fraction of sp³-hybridized carbons (Fsp3) is 0.263. The van der Waals surface area contributed by atoms with Gasteiger partial charge in [0.05, 0.1) is 17.2 Å². The lowest BCUT2D eigenvalue weighted by Gasteiger charge is -2.31. The van der Waals surface area contributed by atoms with Crippen LogP contribution >= 0.6 is 11.8 Å². The summed E-state index contributed by atoms with van der Waals surface area (Å²) in [5, 5.41) is 10.6. The number of rotatable bonds is 4. The van der Waals surface area contributed by atoms with E-state index in [-0.39, 0.29) is 0 Å². The summed E-state index contributed by atoms with van der Waals surface area (Å²) < 4.78 is 5.42. The highest BCUT2D eigenvalue weighted by Crippen LogP contribution is 2.37. The van der Waals surface area contributed by atoms with Crippen molar-refractivity contribution in [2.45, 2.75) is 28.0 Å². The predicted octanol–water partition coefficient (Wildman–Crippen LogP) is 3.17. The Kier molecular flexibility index (Phi) is 5.47. The van der Waals surface area contributed by atoms with Crippen molar-refractivity contribution in [1.29, 1.82) is 5.26 Å². The van der Waals surface area contributed by atoms with E-state index >= 15 is 0 Å². The monoisotopic (exact) mass is 368 g/mol. The highest BCUT2D eigenvalue weighted by molar-refractivity contribution is 7.99. The predicted molar refractivity (Wildman–Crippen MR) is 101 cm³/mol. The summed E-state index contributed by atoms with van der Waals surface area (Å²) in [6.07, 6.45) is 1.43. The van der Waals surface area contributed by atoms with Crippen LogP contribution in [0.4, 0.5) is 10.5 Å². The number of nitrogens with two attached hydrogens (primary N) is 2. The number of anilines is 1. The first kappa shape index (κ1) is 18.3. The van der Waals surface area contributed by atoms with Gasteiger partial charge in [-0.2, -0.15) is 5.26 Å². The van der Waals surface area contributed by atoms with Gasteiger partial charge in [0.1, 0.15) is 0 Å². The summed E-state index contributed by atoms with van der Waals surface area (Å²) in [4.78, 5) is 13.2. The van der Waals surface area contributed by atoms with E-state index in [0.29, 0.717) is 31.7 Å². The molecule has 0 aliphatic carbocycles. The largest absolute Gasteiger partial charge is 0.381 e. The Morgan fingerprint density at radius 2 is 1.85 bits per heavy atom. The molecule has 0 saturated carbocycles. The number of hydrogen-bond acceptors (Lipinski definition) is 5. The van der Waals surface area contributed by atoms with Crippen molar-refractivity contribution in [3.05, 3.63) is 54.1 Å². The summed E-state index contributed by atoms with van der Waals surface area (Å²) >= 11 is 1.59. The second-order valence-electron chi connectivity index (χ2n) is 6.14. The van der Waals surface area contributed by atoms with Crippen LogP contribution in [-0.2, 0) is 10.2 Å². The number of nitriles is 1. The molecule has 0 aromatic heterocycles. The minimum absolute atomic E-state index is 0.472. The molecule has 1 fully saturated rings. The standard InChI is InChI=1S/C19H20N4O2S/c20-13-19(8-10-25-11-9-19)14-2-1-3-17(12-14)26-16-6-4-15(5-7-16)23(22)18(21)24/h1-7,12H,8-11,22H2,(H2,21,24). The molecule has 3 rings (SSSR count).